The van der Waals surface area contributed by atoms with Crippen LogP contribution < -0.4 is 14.8 Å². The number of ketones is 1. The lowest BCUT2D eigenvalue weighted by Crippen LogP contribution is -2.14. The average Bonchev–Trinajstić information content (AvgIpc) is 3.23. The highest BCUT2D eigenvalue weighted by molar-refractivity contribution is 6.18. The molecule has 174 valence electrons. The Hall–Kier alpha value is -4.06. The number of amides is 1. The van der Waals surface area contributed by atoms with Crippen molar-refractivity contribution in [2.45, 2.75) is 26.7 Å². The van der Waals surface area contributed by atoms with Gasteiger partial charge in [-0.05, 0) is 74.0 Å². The quantitative estimate of drug-likeness (QED) is 0.217. The Kier molecular flexibility index (Phi) is 7.28. The standard InChI is InChI=1S/C28H27NO5/c1-3-5-18-33-22-16-12-20(13-17-22)28(31)29-25-23-8-6-7-9-24(23)34-27(25)26(30)19-10-14-21(15-11-19)32-4-2/h6-17H,3-5,18H2,1-2H3,(H,29,31). The summed E-state index contributed by atoms with van der Waals surface area (Å²) in [5, 5.41) is 3.54. The number of furan rings is 1. The number of benzene rings is 3. The zero-order valence-corrected chi connectivity index (χ0v) is 19.3. The first-order chi connectivity index (χ1) is 16.6. The van der Waals surface area contributed by atoms with Gasteiger partial charge in [0, 0.05) is 16.5 Å². The SMILES string of the molecule is CCCCOc1ccc(C(=O)Nc2c(C(=O)c3ccc(OCC)cc3)oc3ccccc23)cc1. The molecular formula is C28H27NO5. The molecule has 0 fully saturated rings. The number of fused-ring (bicyclic) bond motifs is 1. The minimum atomic E-state index is -0.340. The van der Waals surface area contributed by atoms with Crippen LogP contribution in [0.1, 0.15) is 53.2 Å². The number of hydrogen-bond acceptors (Lipinski definition) is 5. The van der Waals surface area contributed by atoms with Gasteiger partial charge in [-0.1, -0.05) is 25.5 Å². The van der Waals surface area contributed by atoms with E-state index in [1.807, 2.05) is 25.1 Å². The van der Waals surface area contributed by atoms with Crippen molar-refractivity contribution in [1.82, 2.24) is 0 Å². The zero-order chi connectivity index (χ0) is 23.9. The summed E-state index contributed by atoms with van der Waals surface area (Å²) in [7, 11) is 0. The van der Waals surface area contributed by atoms with E-state index in [9.17, 15) is 9.59 Å². The maximum absolute atomic E-state index is 13.3. The summed E-state index contributed by atoms with van der Waals surface area (Å²) in [4.78, 5) is 26.3. The first-order valence-electron chi connectivity index (χ1n) is 11.4. The Morgan fingerprint density at radius 3 is 2.15 bits per heavy atom. The van der Waals surface area contributed by atoms with E-state index in [0.717, 1.165) is 12.8 Å². The topological polar surface area (TPSA) is 77.8 Å². The second-order valence-corrected chi connectivity index (χ2v) is 7.77. The third kappa shape index (κ3) is 5.12. The fourth-order valence-corrected chi connectivity index (χ4v) is 3.55. The molecule has 0 bridgehead atoms. The molecule has 0 aliphatic heterocycles. The number of rotatable bonds is 10. The average molecular weight is 458 g/mol. The van der Waals surface area contributed by atoms with E-state index in [1.165, 1.54) is 0 Å². The van der Waals surface area contributed by atoms with Crippen LogP contribution in [-0.4, -0.2) is 24.9 Å². The van der Waals surface area contributed by atoms with E-state index >= 15 is 0 Å². The molecule has 4 rings (SSSR count). The molecule has 0 spiro atoms. The van der Waals surface area contributed by atoms with E-state index in [1.54, 1.807) is 54.6 Å². The number of ether oxygens (including phenoxy) is 2. The Morgan fingerprint density at radius 2 is 1.47 bits per heavy atom. The van der Waals surface area contributed by atoms with Crippen molar-refractivity contribution in [3.63, 3.8) is 0 Å². The summed E-state index contributed by atoms with van der Waals surface area (Å²) in [6.07, 6.45) is 2.03. The van der Waals surface area contributed by atoms with Crippen LogP contribution in [0.25, 0.3) is 11.0 Å². The van der Waals surface area contributed by atoms with Crippen molar-refractivity contribution in [3.05, 3.63) is 89.7 Å². The van der Waals surface area contributed by atoms with Gasteiger partial charge in [-0.2, -0.15) is 0 Å². The molecule has 0 atom stereocenters. The fraction of sp³-hybridized carbons (Fsp3) is 0.214. The first kappa shape index (κ1) is 23.1. The minimum Gasteiger partial charge on any atom is -0.494 e. The second kappa shape index (κ2) is 10.7. The number of para-hydroxylation sites is 1. The molecule has 0 unspecified atom stereocenters. The third-order valence-electron chi connectivity index (χ3n) is 5.35. The van der Waals surface area contributed by atoms with Crippen LogP contribution in [-0.2, 0) is 0 Å². The smallest absolute Gasteiger partial charge is 0.255 e. The Labute approximate surface area is 198 Å². The zero-order valence-electron chi connectivity index (χ0n) is 19.3. The van der Waals surface area contributed by atoms with Crippen molar-refractivity contribution in [1.29, 1.82) is 0 Å². The van der Waals surface area contributed by atoms with Crippen molar-refractivity contribution in [2.24, 2.45) is 0 Å². The molecule has 6 heteroatoms. The molecule has 1 N–H and O–H groups in total. The van der Waals surface area contributed by atoms with Crippen LogP contribution in [0.4, 0.5) is 5.69 Å². The highest BCUT2D eigenvalue weighted by Crippen LogP contribution is 2.33. The van der Waals surface area contributed by atoms with Gasteiger partial charge in [-0.25, -0.2) is 0 Å². The molecular weight excluding hydrogens is 430 g/mol. The monoisotopic (exact) mass is 457 g/mol. The van der Waals surface area contributed by atoms with E-state index in [0.29, 0.717) is 52.5 Å². The van der Waals surface area contributed by atoms with Gasteiger partial charge in [0.05, 0.1) is 18.9 Å². The lowest BCUT2D eigenvalue weighted by atomic mass is 10.1. The van der Waals surface area contributed by atoms with Crippen LogP contribution >= 0.6 is 0 Å². The molecule has 3 aromatic carbocycles. The highest BCUT2D eigenvalue weighted by atomic mass is 16.5. The second-order valence-electron chi connectivity index (χ2n) is 7.77. The predicted molar refractivity (Wildman–Crippen MR) is 132 cm³/mol. The van der Waals surface area contributed by atoms with Gasteiger partial charge in [0.1, 0.15) is 17.1 Å². The van der Waals surface area contributed by atoms with Gasteiger partial charge in [-0.15, -0.1) is 0 Å². The lowest BCUT2D eigenvalue weighted by molar-refractivity contribution is 0.101. The molecule has 1 heterocycles. The van der Waals surface area contributed by atoms with Crippen LogP contribution in [0.2, 0.25) is 0 Å². The summed E-state index contributed by atoms with van der Waals surface area (Å²) in [5.74, 6) is 0.810. The van der Waals surface area contributed by atoms with Gasteiger partial charge >= 0.3 is 0 Å². The maximum Gasteiger partial charge on any atom is 0.255 e. The first-order valence-corrected chi connectivity index (χ1v) is 11.4. The number of nitrogens with one attached hydrogen (secondary N) is 1. The molecule has 0 radical (unpaired) electrons. The lowest BCUT2D eigenvalue weighted by Gasteiger charge is -2.08. The number of unbranched alkanes of at least 4 members (excludes halogenated alkanes) is 1. The minimum absolute atomic E-state index is 0.0817. The molecule has 0 saturated carbocycles. The Balaban J connectivity index is 1.60. The van der Waals surface area contributed by atoms with Gasteiger partial charge in [0.2, 0.25) is 5.78 Å². The van der Waals surface area contributed by atoms with Crippen molar-refractivity contribution in [2.75, 3.05) is 18.5 Å². The molecule has 0 saturated heterocycles. The van der Waals surface area contributed by atoms with Crippen LogP contribution in [0, 0.1) is 0 Å². The molecule has 1 amide bonds. The third-order valence-corrected chi connectivity index (χ3v) is 5.35. The number of carbonyl (C=O) groups excluding carboxylic acids is 2. The molecule has 6 nitrogen and oxygen atoms in total. The van der Waals surface area contributed by atoms with Gasteiger partial charge in [-0.3, -0.25) is 9.59 Å². The van der Waals surface area contributed by atoms with Gasteiger partial charge in [0.25, 0.3) is 5.91 Å². The molecule has 1 aromatic heterocycles. The Morgan fingerprint density at radius 1 is 0.824 bits per heavy atom. The Bertz CT molecular complexity index is 1270. The molecule has 4 aromatic rings. The molecule has 0 aliphatic rings. The highest BCUT2D eigenvalue weighted by Gasteiger charge is 2.24. The number of carbonyl (C=O) groups is 2. The van der Waals surface area contributed by atoms with Crippen LogP contribution in [0.3, 0.4) is 0 Å². The summed E-state index contributed by atoms with van der Waals surface area (Å²) in [6.45, 7) is 5.18. The van der Waals surface area contributed by atoms with Crippen LogP contribution in [0.15, 0.2) is 77.2 Å². The van der Waals surface area contributed by atoms with Crippen LogP contribution in [0.5, 0.6) is 11.5 Å². The van der Waals surface area contributed by atoms with Gasteiger partial charge in [0.15, 0.2) is 5.76 Å². The summed E-state index contributed by atoms with van der Waals surface area (Å²) >= 11 is 0. The molecule has 34 heavy (non-hydrogen) atoms. The summed E-state index contributed by atoms with van der Waals surface area (Å²) < 4.78 is 17.0. The van der Waals surface area contributed by atoms with Crippen molar-refractivity contribution < 1.29 is 23.5 Å². The van der Waals surface area contributed by atoms with E-state index in [2.05, 4.69) is 12.2 Å². The van der Waals surface area contributed by atoms with Gasteiger partial charge < -0.3 is 19.2 Å². The predicted octanol–water partition coefficient (Wildman–Crippen LogP) is 6.49. The van der Waals surface area contributed by atoms with E-state index < -0.39 is 0 Å². The summed E-state index contributed by atoms with van der Waals surface area (Å²) in [5.41, 5.74) is 1.76. The number of hydrogen-bond donors (Lipinski definition) is 1. The van der Waals surface area contributed by atoms with E-state index in [-0.39, 0.29) is 17.5 Å². The van der Waals surface area contributed by atoms with Crippen molar-refractivity contribution >= 4 is 28.3 Å². The number of anilines is 1. The largest absolute Gasteiger partial charge is 0.494 e. The van der Waals surface area contributed by atoms with E-state index in [4.69, 9.17) is 13.9 Å². The fourth-order valence-electron chi connectivity index (χ4n) is 3.55. The molecule has 0 aliphatic carbocycles. The summed E-state index contributed by atoms with van der Waals surface area (Å²) in [6, 6.07) is 21.0. The van der Waals surface area contributed by atoms with Crippen molar-refractivity contribution in [3.8, 4) is 11.5 Å². The normalized spacial score (nSPS) is 10.8. The maximum atomic E-state index is 13.3.